The lowest BCUT2D eigenvalue weighted by atomic mass is 10.1. The van der Waals surface area contributed by atoms with Crippen LogP contribution in [0.5, 0.6) is 0 Å². The van der Waals surface area contributed by atoms with Gasteiger partial charge in [-0.2, -0.15) is 26.3 Å². The second-order valence-electron chi connectivity index (χ2n) is 7.79. The predicted molar refractivity (Wildman–Crippen MR) is 112 cm³/mol. The summed E-state index contributed by atoms with van der Waals surface area (Å²) in [6, 6.07) is 7.83. The highest BCUT2D eigenvalue weighted by Gasteiger charge is 2.33. The molecule has 5 nitrogen and oxygen atoms in total. The molecule has 35 heavy (non-hydrogen) atoms. The average molecular weight is 498 g/mol. The SMILES string of the molecule is O=C(c1cc(C(F)(F)F)ccc1F)N1CCN(c2nccc(-c3cccc(C(F)(F)F)c3)n2)CC1. The number of piperazine rings is 1. The van der Waals surface area contributed by atoms with Gasteiger partial charge in [0.25, 0.3) is 5.91 Å². The van der Waals surface area contributed by atoms with E-state index in [-0.39, 0.29) is 43.4 Å². The fourth-order valence-corrected chi connectivity index (χ4v) is 3.66. The molecule has 0 spiro atoms. The Morgan fingerprint density at radius 3 is 2.14 bits per heavy atom. The summed E-state index contributed by atoms with van der Waals surface area (Å²) in [7, 11) is 0. The predicted octanol–water partition coefficient (Wildman–Crippen LogP) is 5.28. The van der Waals surface area contributed by atoms with Crippen LogP contribution in [0.3, 0.4) is 0 Å². The second kappa shape index (κ2) is 9.16. The molecule has 4 rings (SSSR count). The highest BCUT2D eigenvalue weighted by Crippen LogP contribution is 2.32. The summed E-state index contributed by atoms with van der Waals surface area (Å²) in [5.41, 5.74) is -2.09. The molecule has 0 atom stereocenters. The lowest BCUT2D eigenvalue weighted by Crippen LogP contribution is -2.49. The fraction of sp³-hybridized carbons (Fsp3) is 0.261. The summed E-state index contributed by atoms with van der Waals surface area (Å²) in [6.07, 6.45) is -7.83. The van der Waals surface area contributed by atoms with Crippen LogP contribution in [0.1, 0.15) is 21.5 Å². The number of carbonyl (C=O) groups is 1. The molecule has 0 bridgehead atoms. The minimum atomic E-state index is -4.72. The van der Waals surface area contributed by atoms with E-state index in [2.05, 4.69) is 9.97 Å². The molecule has 0 aliphatic carbocycles. The van der Waals surface area contributed by atoms with Crippen molar-refractivity contribution in [2.75, 3.05) is 31.1 Å². The first kappa shape index (κ1) is 24.4. The average Bonchev–Trinajstić information content (AvgIpc) is 2.83. The third kappa shape index (κ3) is 5.36. The molecular weight excluding hydrogens is 481 g/mol. The molecule has 12 heteroatoms. The van der Waals surface area contributed by atoms with E-state index in [0.29, 0.717) is 18.2 Å². The number of alkyl halides is 6. The van der Waals surface area contributed by atoms with Crippen molar-refractivity contribution < 1.29 is 35.5 Å². The zero-order valence-electron chi connectivity index (χ0n) is 17.9. The molecule has 1 amide bonds. The highest BCUT2D eigenvalue weighted by molar-refractivity contribution is 5.95. The number of amides is 1. The van der Waals surface area contributed by atoms with Gasteiger partial charge in [0, 0.05) is 37.9 Å². The number of carbonyl (C=O) groups excluding carboxylic acids is 1. The number of hydrogen-bond acceptors (Lipinski definition) is 4. The number of nitrogens with zero attached hydrogens (tertiary/aromatic N) is 4. The van der Waals surface area contributed by atoms with Gasteiger partial charge in [-0.05, 0) is 36.4 Å². The van der Waals surface area contributed by atoms with Crippen LogP contribution in [0.25, 0.3) is 11.3 Å². The number of benzene rings is 2. The first-order chi connectivity index (χ1) is 16.4. The molecule has 1 aliphatic heterocycles. The van der Waals surface area contributed by atoms with Gasteiger partial charge < -0.3 is 9.80 Å². The van der Waals surface area contributed by atoms with Gasteiger partial charge in [-0.15, -0.1) is 0 Å². The van der Waals surface area contributed by atoms with Gasteiger partial charge in [0.2, 0.25) is 5.95 Å². The number of rotatable bonds is 3. The van der Waals surface area contributed by atoms with Gasteiger partial charge in [0.1, 0.15) is 5.82 Å². The minimum Gasteiger partial charge on any atom is -0.337 e. The molecule has 1 fully saturated rings. The molecule has 0 radical (unpaired) electrons. The second-order valence-corrected chi connectivity index (χ2v) is 7.79. The van der Waals surface area contributed by atoms with Crippen LogP contribution in [0.2, 0.25) is 0 Å². The standard InChI is InChI=1S/C23H17F7N4O/c24-18-5-4-16(23(28,29)30)13-17(18)20(35)33-8-10-34(11-9-33)21-31-7-6-19(32-21)14-2-1-3-15(12-14)22(25,26)27/h1-7,12-13H,8-11H2. The zero-order valence-corrected chi connectivity index (χ0v) is 17.9. The Morgan fingerprint density at radius 1 is 0.829 bits per heavy atom. The van der Waals surface area contributed by atoms with Gasteiger partial charge in [-0.25, -0.2) is 14.4 Å². The Morgan fingerprint density at radius 2 is 1.49 bits per heavy atom. The summed E-state index contributed by atoms with van der Waals surface area (Å²) >= 11 is 0. The minimum absolute atomic E-state index is 0.0612. The first-order valence-electron chi connectivity index (χ1n) is 10.3. The Labute approximate surface area is 194 Å². The van der Waals surface area contributed by atoms with Crippen molar-refractivity contribution in [1.29, 1.82) is 0 Å². The van der Waals surface area contributed by atoms with Gasteiger partial charge in [-0.1, -0.05) is 12.1 Å². The topological polar surface area (TPSA) is 49.3 Å². The highest BCUT2D eigenvalue weighted by atomic mass is 19.4. The molecule has 3 aromatic rings. The molecular formula is C23H17F7N4O. The van der Waals surface area contributed by atoms with Gasteiger partial charge in [0.15, 0.2) is 0 Å². The molecule has 0 N–H and O–H groups in total. The van der Waals surface area contributed by atoms with Crippen LogP contribution in [0.4, 0.5) is 36.7 Å². The number of anilines is 1. The van der Waals surface area contributed by atoms with Crippen molar-refractivity contribution in [2.24, 2.45) is 0 Å². The van der Waals surface area contributed by atoms with Crippen molar-refractivity contribution >= 4 is 11.9 Å². The quantitative estimate of drug-likeness (QED) is 0.461. The maximum atomic E-state index is 14.1. The van der Waals surface area contributed by atoms with Crippen molar-refractivity contribution in [3.63, 3.8) is 0 Å². The number of aromatic nitrogens is 2. The van der Waals surface area contributed by atoms with Crippen LogP contribution in [-0.4, -0.2) is 47.0 Å². The number of halogens is 7. The summed E-state index contributed by atoms with van der Waals surface area (Å²) in [5.74, 6) is -1.70. The summed E-state index contributed by atoms with van der Waals surface area (Å²) in [6.45, 7) is 0.508. The van der Waals surface area contributed by atoms with Gasteiger partial charge >= 0.3 is 12.4 Å². The van der Waals surface area contributed by atoms with Crippen LogP contribution < -0.4 is 4.90 Å². The lowest BCUT2D eigenvalue weighted by Gasteiger charge is -2.35. The van der Waals surface area contributed by atoms with E-state index in [0.717, 1.165) is 12.1 Å². The van der Waals surface area contributed by atoms with Crippen molar-refractivity contribution in [3.8, 4) is 11.3 Å². The van der Waals surface area contributed by atoms with E-state index in [4.69, 9.17) is 0 Å². The maximum absolute atomic E-state index is 14.1. The van der Waals surface area contributed by atoms with E-state index in [1.54, 1.807) is 4.90 Å². The molecule has 1 aromatic heterocycles. The molecule has 2 aromatic carbocycles. The van der Waals surface area contributed by atoms with E-state index in [1.165, 1.54) is 29.3 Å². The van der Waals surface area contributed by atoms with Crippen LogP contribution in [0.15, 0.2) is 54.7 Å². The molecule has 1 aliphatic rings. The van der Waals surface area contributed by atoms with Crippen LogP contribution in [0, 0.1) is 5.82 Å². The van der Waals surface area contributed by atoms with Gasteiger partial charge in [0.05, 0.1) is 22.4 Å². The van der Waals surface area contributed by atoms with Crippen molar-refractivity contribution in [1.82, 2.24) is 14.9 Å². The van der Waals surface area contributed by atoms with Gasteiger partial charge in [-0.3, -0.25) is 4.79 Å². The van der Waals surface area contributed by atoms with Crippen LogP contribution >= 0.6 is 0 Å². The van der Waals surface area contributed by atoms with Crippen molar-refractivity contribution in [2.45, 2.75) is 12.4 Å². The van der Waals surface area contributed by atoms with E-state index < -0.39 is 40.8 Å². The van der Waals surface area contributed by atoms with E-state index in [9.17, 15) is 35.5 Å². The Bertz CT molecular complexity index is 1240. The smallest absolute Gasteiger partial charge is 0.337 e. The zero-order chi connectivity index (χ0) is 25.4. The van der Waals surface area contributed by atoms with E-state index >= 15 is 0 Å². The normalized spacial score (nSPS) is 14.8. The molecule has 1 saturated heterocycles. The van der Waals surface area contributed by atoms with E-state index in [1.807, 2.05) is 0 Å². The van der Waals surface area contributed by atoms with Crippen LogP contribution in [-0.2, 0) is 12.4 Å². The lowest BCUT2D eigenvalue weighted by molar-refractivity contribution is -0.138. The summed E-state index contributed by atoms with van der Waals surface area (Å²) < 4.78 is 92.1. The number of hydrogen-bond donors (Lipinski definition) is 0. The summed E-state index contributed by atoms with van der Waals surface area (Å²) in [5, 5.41) is 0. The third-order valence-electron chi connectivity index (χ3n) is 5.50. The Balaban J connectivity index is 1.48. The molecule has 2 heterocycles. The Kier molecular flexibility index (Phi) is 6.39. The molecule has 0 saturated carbocycles. The summed E-state index contributed by atoms with van der Waals surface area (Å²) in [4.78, 5) is 24.1. The molecule has 184 valence electrons. The van der Waals surface area contributed by atoms with Crippen molar-refractivity contribution in [3.05, 3.63) is 77.2 Å². The largest absolute Gasteiger partial charge is 0.416 e. The maximum Gasteiger partial charge on any atom is 0.416 e. The third-order valence-corrected chi connectivity index (χ3v) is 5.50. The molecule has 0 unspecified atom stereocenters. The first-order valence-corrected chi connectivity index (χ1v) is 10.3. The fourth-order valence-electron chi connectivity index (χ4n) is 3.66. The Hall–Kier alpha value is -3.70. The monoisotopic (exact) mass is 498 g/mol.